The van der Waals surface area contributed by atoms with Gasteiger partial charge in [0.15, 0.2) is 0 Å². The van der Waals surface area contributed by atoms with Gasteiger partial charge in [-0.05, 0) is 42.2 Å². The van der Waals surface area contributed by atoms with E-state index in [1.165, 1.54) is 4.90 Å². The van der Waals surface area contributed by atoms with Gasteiger partial charge in [-0.2, -0.15) is 0 Å². The molecule has 0 unspecified atom stereocenters. The van der Waals surface area contributed by atoms with E-state index in [2.05, 4.69) is 79.4 Å². The van der Waals surface area contributed by atoms with Gasteiger partial charge in [0.25, 0.3) is 11.8 Å². The average Bonchev–Trinajstić information content (AvgIpc) is 3.60. The molecule has 7 heteroatoms. The number of hydrogen-bond acceptors (Lipinski definition) is 5. The molecule has 3 amide bonds. The second kappa shape index (κ2) is 13.6. The Morgan fingerprint density at radius 2 is 1.30 bits per heavy atom. The molecule has 6 rings (SSSR count). The molecule has 46 heavy (non-hydrogen) atoms. The Balaban J connectivity index is 1.34. The standard InChI is InChI=1S/C39H36N2O4S/c1-3-23-45-38(44)40-27-33(25-32(40)24-28(2)26-41-36(42)34-21-13-14-22-35(34)37(41)43)46-39(29-15-7-4-8-16-29,30-17-9-5-10-18-30)31-19-11-6-12-20-31/h3-22,24,32-33H,1,23,25-27H2,2H3/b28-24-/t32-,33+/m1/s1. The maximum atomic E-state index is 13.4. The Hall–Kier alpha value is -4.88. The van der Waals surface area contributed by atoms with E-state index in [4.69, 9.17) is 4.74 Å². The summed E-state index contributed by atoms with van der Waals surface area (Å²) in [7, 11) is 0. The fourth-order valence-corrected chi connectivity index (χ4v) is 8.32. The maximum absolute atomic E-state index is 13.4. The first kappa shape index (κ1) is 31.1. The number of carbonyl (C=O) groups is 3. The van der Waals surface area contributed by atoms with E-state index in [-0.39, 0.29) is 36.3 Å². The fourth-order valence-electron chi connectivity index (χ4n) is 6.48. The van der Waals surface area contributed by atoms with E-state index in [1.807, 2.05) is 43.0 Å². The van der Waals surface area contributed by atoms with Crippen LogP contribution in [-0.4, -0.2) is 58.7 Å². The molecule has 2 aliphatic heterocycles. The summed E-state index contributed by atoms with van der Waals surface area (Å²) >= 11 is 1.84. The lowest BCUT2D eigenvalue weighted by Crippen LogP contribution is -2.36. The molecule has 4 aromatic carbocycles. The number of hydrogen-bond donors (Lipinski definition) is 0. The summed E-state index contributed by atoms with van der Waals surface area (Å²) in [6.45, 7) is 6.33. The number of rotatable bonds is 10. The van der Waals surface area contributed by atoms with E-state index >= 15 is 0 Å². The largest absolute Gasteiger partial charge is 0.445 e. The highest BCUT2D eigenvalue weighted by atomic mass is 32.2. The highest BCUT2D eigenvalue weighted by Gasteiger charge is 2.44. The number of nitrogens with zero attached hydrogens (tertiary/aromatic N) is 2. The third kappa shape index (κ3) is 6.03. The quantitative estimate of drug-likeness (QED) is 0.102. The Bertz CT molecular complexity index is 1630. The Morgan fingerprint density at radius 1 is 0.826 bits per heavy atom. The first-order chi connectivity index (χ1) is 22.4. The van der Waals surface area contributed by atoms with Crippen LogP contribution in [0.3, 0.4) is 0 Å². The molecular weight excluding hydrogens is 593 g/mol. The smallest absolute Gasteiger partial charge is 0.410 e. The minimum atomic E-state index is -0.543. The molecule has 0 spiro atoms. The first-order valence-electron chi connectivity index (χ1n) is 15.4. The van der Waals surface area contributed by atoms with E-state index in [0.717, 1.165) is 22.3 Å². The number of fused-ring (bicyclic) bond motifs is 1. The number of imide groups is 1. The van der Waals surface area contributed by atoms with Crippen LogP contribution in [0.25, 0.3) is 0 Å². The van der Waals surface area contributed by atoms with Gasteiger partial charge in [0.2, 0.25) is 0 Å². The van der Waals surface area contributed by atoms with Crippen LogP contribution >= 0.6 is 11.8 Å². The van der Waals surface area contributed by atoms with Crippen LogP contribution in [0.1, 0.15) is 50.8 Å². The summed E-state index contributed by atoms with van der Waals surface area (Å²) in [6.07, 6.45) is 3.82. The fraction of sp³-hybridized carbons (Fsp3) is 0.205. The lowest BCUT2D eigenvalue weighted by atomic mass is 9.84. The Morgan fingerprint density at radius 3 is 1.78 bits per heavy atom. The highest BCUT2D eigenvalue weighted by molar-refractivity contribution is 8.01. The van der Waals surface area contributed by atoms with E-state index in [9.17, 15) is 14.4 Å². The van der Waals surface area contributed by atoms with Gasteiger partial charge in [-0.25, -0.2) is 4.79 Å². The van der Waals surface area contributed by atoms with E-state index in [0.29, 0.717) is 24.1 Å². The van der Waals surface area contributed by atoms with Crippen molar-refractivity contribution in [2.75, 3.05) is 19.7 Å². The second-order valence-electron chi connectivity index (χ2n) is 11.6. The zero-order chi connectivity index (χ0) is 32.1. The van der Waals surface area contributed by atoms with Gasteiger partial charge in [-0.1, -0.05) is 127 Å². The molecule has 4 aromatic rings. The molecule has 2 aliphatic rings. The summed E-state index contributed by atoms with van der Waals surface area (Å²) in [6, 6.07) is 38.1. The van der Waals surface area contributed by atoms with Gasteiger partial charge >= 0.3 is 6.09 Å². The molecule has 0 saturated carbocycles. The van der Waals surface area contributed by atoms with Crippen LogP contribution in [0, 0.1) is 0 Å². The topological polar surface area (TPSA) is 66.9 Å². The van der Waals surface area contributed by atoms with Gasteiger partial charge in [-0.3, -0.25) is 14.5 Å². The van der Waals surface area contributed by atoms with Crippen LogP contribution in [0.2, 0.25) is 0 Å². The van der Waals surface area contributed by atoms with Gasteiger partial charge in [0.1, 0.15) is 6.61 Å². The maximum Gasteiger partial charge on any atom is 0.410 e. The molecule has 0 N–H and O–H groups in total. The molecule has 232 valence electrons. The Labute approximate surface area is 274 Å². The van der Waals surface area contributed by atoms with Crippen molar-refractivity contribution in [1.29, 1.82) is 0 Å². The van der Waals surface area contributed by atoms with Crippen LogP contribution < -0.4 is 0 Å². The van der Waals surface area contributed by atoms with Crippen molar-refractivity contribution in [2.45, 2.75) is 29.4 Å². The number of thioether (sulfide) groups is 1. The molecule has 2 heterocycles. The third-order valence-corrected chi connectivity index (χ3v) is 10.2. The van der Waals surface area contributed by atoms with Crippen molar-refractivity contribution in [1.82, 2.24) is 9.80 Å². The van der Waals surface area contributed by atoms with Gasteiger partial charge in [-0.15, -0.1) is 11.8 Å². The molecule has 1 saturated heterocycles. The van der Waals surface area contributed by atoms with Crippen molar-refractivity contribution in [3.05, 3.63) is 167 Å². The first-order valence-corrected chi connectivity index (χ1v) is 16.3. The van der Waals surface area contributed by atoms with Gasteiger partial charge in [0.05, 0.1) is 28.5 Å². The van der Waals surface area contributed by atoms with Crippen LogP contribution in [0.4, 0.5) is 4.79 Å². The lowest BCUT2D eigenvalue weighted by Gasteiger charge is -2.37. The SMILES string of the molecule is C=CCOC(=O)N1C[C@@H](SC(c2ccccc2)(c2ccccc2)c2ccccc2)C[C@H]1/C=C(/C)CN1C(=O)c2ccccc2C1=O. The molecule has 6 nitrogen and oxygen atoms in total. The van der Waals surface area contributed by atoms with Crippen molar-refractivity contribution in [3.63, 3.8) is 0 Å². The summed E-state index contributed by atoms with van der Waals surface area (Å²) in [4.78, 5) is 42.6. The molecule has 0 aliphatic carbocycles. The average molecular weight is 629 g/mol. The molecule has 0 aromatic heterocycles. The number of likely N-dealkylation sites (tertiary alicyclic amines) is 1. The summed E-state index contributed by atoms with van der Waals surface area (Å²) in [5.41, 5.74) is 5.13. The highest BCUT2D eigenvalue weighted by Crippen LogP contribution is 2.52. The number of amides is 3. The number of ether oxygens (including phenoxy) is 1. The Kier molecular flexibility index (Phi) is 9.22. The minimum Gasteiger partial charge on any atom is -0.445 e. The zero-order valence-electron chi connectivity index (χ0n) is 25.8. The van der Waals surface area contributed by atoms with Crippen molar-refractivity contribution in [2.24, 2.45) is 0 Å². The van der Waals surface area contributed by atoms with Crippen molar-refractivity contribution >= 4 is 29.7 Å². The molecule has 0 bridgehead atoms. The second-order valence-corrected chi connectivity index (χ2v) is 13.1. The number of benzene rings is 4. The normalized spacial score (nSPS) is 18.1. The van der Waals surface area contributed by atoms with Crippen LogP contribution in [0.5, 0.6) is 0 Å². The van der Waals surface area contributed by atoms with Crippen molar-refractivity contribution in [3.8, 4) is 0 Å². The predicted octanol–water partition coefficient (Wildman–Crippen LogP) is 7.72. The summed E-state index contributed by atoms with van der Waals surface area (Å²) < 4.78 is 5.00. The molecule has 1 fully saturated rings. The minimum absolute atomic E-state index is 0.0326. The van der Waals surface area contributed by atoms with E-state index in [1.54, 1.807) is 35.2 Å². The predicted molar refractivity (Wildman–Crippen MR) is 183 cm³/mol. The van der Waals surface area contributed by atoms with Crippen LogP contribution in [-0.2, 0) is 9.48 Å². The number of carbonyl (C=O) groups excluding carboxylic acids is 3. The third-order valence-electron chi connectivity index (χ3n) is 8.51. The summed E-state index contributed by atoms with van der Waals surface area (Å²) in [5.74, 6) is -0.595. The van der Waals surface area contributed by atoms with E-state index < -0.39 is 10.8 Å². The molecule has 0 radical (unpaired) electrons. The van der Waals surface area contributed by atoms with Gasteiger partial charge in [0, 0.05) is 11.8 Å². The molecule has 2 atom stereocenters. The zero-order valence-corrected chi connectivity index (χ0v) is 26.6. The lowest BCUT2D eigenvalue weighted by molar-refractivity contribution is 0.0667. The molecular formula is C39H36N2O4S. The van der Waals surface area contributed by atoms with Crippen LogP contribution in [0.15, 0.2) is 140 Å². The summed E-state index contributed by atoms with van der Waals surface area (Å²) in [5, 5.41) is 0.0326. The van der Waals surface area contributed by atoms with Crippen molar-refractivity contribution < 1.29 is 19.1 Å². The monoisotopic (exact) mass is 628 g/mol. The van der Waals surface area contributed by atoms with Gasteiger partial charge < -0.3 is 9.64 Å².